The molecule has 0 radical (unpaired) electrons. The van der Waals surface area contributed by atoms with Crippen LogP contribution in [0.2, 0.25) is 0 Å². The van der Waals surface area contributed by atoms with E-state index in [1.165, 1.54) is 0 Å². The van der Waals surface area contributed by atoms with Gasteiger partial charge >= 0.3 is 0 Å². The van der Waals surface area contributed by atoms with Crippen molar-refractivity contribution < 1.29 is 23.0 Å². The SMILES string of the molecule is COc1cccc2c1OCC(C(=O)N(C)C1CCC(F)(F)CC1)C2. The van der Waals surface area contributed by atoms with Gasteiger partial charge in [-0.3, -0.25) is 4.79 Å². The van der Waals surface area contributed by atoms with Gasteiger partial charge in [0, 0.05) is 25.9 Å². The number of nitrogens with zero attached hydrogens (tertiary/aromatic N) is 1. The lowest BCUT2D eigenvalue weighted by Crippen LogP contribution is -2.46. The van der Waals surface area contributed by atoms with E-state index in [4.69, 9.17) is 9.47 Å². The molecular formula is C18H23F2NO3. The minimum absolute atomic E-state index is 0.0290. The van der Waals surface area contributed by atoms with Crippen molar-refractivity contribution in [3.05, 3.63) is 23.8 Å². The van der Waals surface area contributed by atoms with Crippen LogP contribution in [0.1, 0.15) is 31.2 Å². The Labute approximate surface area is 140 Å². The highest BCUT2D eigenvalue weighted by Gasteiger charge is 2.39. The molecule has 132 valence electrons. The maximum absolute atomic E-state index is 13.3. The van der Waals surface area contributed by atoms with Crippen molar-refractivity contribution in [3.63, 3.8) is 0 Å². The number of fused-ring (bicyclic) bond motifs is 1. The number of rotatable bonds is 3. The van der Waals surface area contributed by atoms with Crippen molar-refractivity contribution in [2.75, 3.05) is 20.8 Å². The third-order valence-corrected chi connectivity index (χ3v) is 5.11. The highest BCUT2D eigenvalue weighted by atomic mass is 19.3. The van der Waals surface area contributed by atoms with Crippen LogP contribution in [0.3, 0.4) is 0 Å². The summed E-state index contributed by atoms with van der Waals surface area (Å²) in [5, 5.41) is 0. The second-order valence-corrected chi connectivity index (χ2v) is 6.70. The van der Waals surface area contributed by atoms with Crippen molar-refractivity contribution in [3.8, 4) is 11.5 Å². The van der Waals surface area contributed by atoms with Gasteiger partial charge in [-0.25, -0.2) is 8.78 Å². The molecule has 24 heavy (non-hydrogen) atoms. The first-order chi connectivity index (χ1) is 11.4. The second kappa shape index (κ2) is 6.57. The molecule has 1 atom stereocenters. The molecular weight excluding hydrogens is 316 g/mol. The Morgan fingerprint density at radius 1 is 1.33 bits per heavy atom. The number of carbonyl (C=O) groups excluding carboxylic acids is 1. The molecule has 1 aliphatic carbocycles. The molecule has 6 heteroatoms. The molecule has 1 aromatic rings. The molecule has 1 aliphatic heterocycles. The van der Waals surface area contributed by atoms with Gasteiger partial charge in [0.05, 0.1) is 13.0 Å². The molecule has 0 aromatic heterocycles. The monoisotopic (exact) mass is 339 g/mol. The summed E-state index contributed by atoms with van der Waals surface area (Å²) in [6.45, 7) is 0.291. The normalized spacial score (nSPS) is 23.1. The average Bonchev–Trinajstić information content (AvgIpc) is 2.59. The van der Waals surface area contributed by atoms with Crippen LogP contribution in [0.15, 0.2) is 18.2 Å². The van der Waals surface area contributed by atoms with Crippen molar-refractivity contribution in [1.82, 2.24) is 4.90 Å². The predicted molar refractivity (Wildman–Crippen MR) is 85.7 cm³/mol. The molecule has 1 amide bonds. The van der Waals surface area contributed by atoms with Crippen LogP contribution < -0.4 is 9.47 Å². The minimum atomic E-state index is -2.58. The molecule has 1 unspecified atom stereocenters. The zero-order chi connectivity index (χ0) is 17.3. The van der Waals surface area contributed by atoms with Crippen LogP contribution in [0.5, 0.6) is 11.5 Å². The lowest BCUT2D eigenvalue weighted by atomic mass is 9.89. The highest BCUT2D eigenvalue weighted by Crippen LogP contribution is 2.38. The number of benzene rings is 1. The molecule has 0 spiro atoms. The maximum Gasteiger partial charge on any atom is 0.248 e. The first-order valence-electron chi connectivity index (χ1n) is 8.34. The van der Waals surface area contributed by atoms with Crippen LogP contribution >= 0.6 is 0 Å². The highest BCUT2D eigenvalue weighted by molar-refractivity contribution is 5.80. The van der Waals surface area contributed by atoms with Gasteiger partial charge < -0.3 is 14.4 Å². The number of amides is 1. The molecule has 1 heterocycles. The number of hydrogen-bond donors (Lipinski definition) is 0. The zero-order valence-corrected chi connectivity index (χ0v) is 14.1. The fourth-order valence-corrected chi connectivity index (χ4v) is 3.59. The number of ether oxygens (including phenoxy) is 2. The van der Waals surface area contributed by atoms with E-state index in [1.807, 2.05) is 18.2 Å². The Bertz CT molecular complexity index is 610. The first-order valence-corrected chi connectivity index (χ1v) is 8.34. The van der Waals surface area contributed by atoms with Gasteiger partial charge in [-0.05, 0) is 30.9 Å². The molecule has 2 aliphatic rings. The minimum Gasteiger partial charge on any atom is -0.493 e. The molecule has 4 nitrogen and oxygen atoms in total. The predicted octanol–water partition coefficient (Wildman–Crippen LogP) is 3.28. The standard InChI is InChI=1S/C18H23F2NO3/c1-21(14-6-8-18(19,20)9-7-14)17(22)13-10-12-4-3-5-15(23-2)16(12)24-11-13/h3-5,13-14H,6-11H2,1-2H3. The number of para-hydroxylation sites is 1. The Morgan fingerprint density at radius 2 is 2.04 bits per heavy atom. The van der Waals surface area contributed by atoms with Gasteiger partial charge in [-0.2, -0.15) is 0 Å². The number of carbonyl (C=O) groups is 1. The molecule has 1 fully saturated rings. The Balaban J connectivity index is 1.66. The van der Waals surface area contributed by atoms with Crippen LogP contribution in [-0.4, -0.2) is 43.5 Å². The first kappa shape index (κ1) is 17.0. The molecule has 1 saturated carbocycles. The van der Waals surface area contributed by atoms with Crippen LogP contribution in [-0.2, 0) is 11.2 Å². The zero-order valence-electron chi connectivity index (χ0n) is 14.1. The largest absolute Gasteiger partial charge is 0.493 e. The second-order valence-electron chi connectivity index (χ2n) is 6.70. The topological polar surface area (TPSA) is 38.8 Å². The summed E-state index contributed by atoms with van der Waals surface area (Å²) in [6, 6.07) is 5.53. The average molecular weight is 339 g/mol. The maximum atomic E-state index is 13.3. The number of methoxy groups -OCH3 is 1. The van der Waals surface area contributed by atoms with E-state index in [0.29, 0.717) is 37.4 Å². The van der Waals surface area contributed by atoms with Gasteiger partial charge in [-0.1, -0.05) is 12.1 Å². The molecule has 0 bridgehead atoms. The number of hydrogen-bond acceptors (Lipinski definition) is 3. The number of alkyl halides is 2. The van der Waals surface area contributed by atoms with Gasteiger partial charge in [0.1, 0.15) is 6.61 Å². The molecule has 0 N–H and O–H groups in total. The van der Waals surface area contributed by atoms with E-state index < -0.39 is 5.92 Å². The smallest absolute Gasteiger partial charge is 0.248 e. The summed E-state index contributed by atoms with van der Waals surface area (Å²) in [5.41, 5.74) is 0.947. The quantitative estimate of drug-likeness (QED) is 0.848. The third kappa shape index (κ3) is 3.32. The van der Waals surface area contributed by atoms with E-state index in [1.54, 1.807) is 19.1 Å². The fourth-order valence-electron chi connectivity index (χ4n) is 3.59. The van der Waals surface area contributed by atoms with Crippen molar-refractivity contribution in [2.45, 2.75) is 44.1 Å². The lowest BCUT2D eigenvalue weighted by molar-refractivity contribution is -0.140. The van der Waals surface area contributed by atoms with Crippen LogP contribution in [0.4, 0.5) is 8.78 Å². The summed E-state index contributed by atoms with van der Waals surface area (Å²) in [5.74, 6) is -1.52. The van der Waals surface area contributed by atoms with Crippen LogP contribution in [0.25, 0.3) is 0 Å². The van der Waals surface area contributed by atoms with Gasteiger partial charge in [0.25, 0.3) is 0 Å². The summed E-state index contributed by atoms with van der Waals surface area (Å²) in [7, 11) is 3.31. The summed E-state index contributed by atoms with van der Waals surface area (Å²) in [6.07, 6.45) is 1.01. The molecule has 0 saturated heterocycles. The Kier molecular flexibility index (Phi) is 4.65. The van der Waals surface area contributed by atoms with E-state index in [2.05, 4.69) is 0 Å². The van der Waals surface area contributed by atoms with E-state index in [9.17, 15) is 13.6 Å². The summed E-state index contributed by atoms with van der Waals surface area (Å²) in [4.78, 5) is 14.4. The third-order valence-electron chi connectivity index (χ3n) is 5.11. The number of halogens is 2. The molecule has 1 aromatic carbocycles. The van der Waals surface area contributed by atoms with Crippen LogP contribution in [0, 0.1) is 5.92 Å². The Hall–Kier alpha value is -1.85. The van der Waals surface area contributed by atoms with Gasteiger partial charge in [-0.15, -0.1) is 0 Å². The van der Waals surface area contributed by atoms with Crippen molar-refractivity contribution in [1.29, 1.82) is 0 Å². The van der Waals surface area contributed by atoms with E-state index in [-0.39, 0.29) is 30.7 Å². The summed E-state index contributed by atoms with van der Waals surface area (Å²) < 4.78 is 37.6. The molecule has 3 rings (SSSR count). The Morgan fingerprint density at radius 3 is 2.71 bits per heavy atom. The summed E-state index contributed by atoms with van der Waals surface area (Å²) >= 11 is 0. The fraction of sp³-hybridized carbons (Fsp3) is 0.611. The van der Waals surface area contributed by atoms with Gasteiger partial charge in [0.2, 0.25) is 11.8 Å². The van der Waals surface area contributed by atoms with Crippen molar-refractivity contribution >= 4 is 5.91 Å². The lowest BCUT2D eigenvalue weighted by Gasteiger charge is -2.37. The van der Waals surface area contributed by atoms with Crippen molar-refractivity contribution in [2.24, 2.45) is 5.92 Å². The van der Waals surface area contributed by atoms with Gasteiger partial charge in [0.15, 0.2) is 11.5 Å². The van der Waals surface area contributed by atoms with E-state index in [0.717, 1.165) is 5.56 Å². The van der Waals surface area contributed by atoms with E-state index >= 15 is 0 Å².